The van der Waals surface area contributed by atoms with Gasteiger partial charge in [-0.15, -0.1) is 0 Å². The molecule has 0 radical (unpaired) electrons. The molecule has 2 heterocycles. The van der Waals surface area contributed by atoms with Crippen LogP contribution >= 0.6 is 0 Å². The van der Waals surface area contributed by atoms with Crippen molar-refractivity contribution in [3.63, 3.8) is 0 Å². The number of hydrogen-bond donors (Lipinski definition) is 1. The molecule has 1 aliphatic heterocycles. The fourth-order valence-corrected chi connectivity index (χ4v) is 4.14. The first-order valence-electron chi connectivity index (χ1n) is 9.63. The predicted octanol–water partition coefficient (Wildman–Crippen LogP) is 2.84. The largest absolute Gasteiger partial charge is 0.366 e. The third kappa shape index (κ3) is 3.27. The second kappa shape index (κ2) is 6.53. The van der Waals surface area contributed by atoms with Crippen molar-refractivity contribution in [2.75, 3.05) is 25.0 Å². The number of fused-ring (bicyclic) bond motifs is 1. The van der Waals surface area contributed by atoms with Crippen LogP contribution in [0.3, 0.4) is 0 Å². The van der Waals surface area contributed by atoms with Crippen molar-refractivity contribution in [2.45, 2.75) is 51.1 Å². The number of anilines is 1. The van der Waals surface area contributed by atoms with Crippen molar-refractivity contribution < 1.29 is 9.18 Å². The molecule has 5 nitrogen and oxygen atoms in total. The van der Waals surface area contributed by atoms with Gasteiger partial charge in [0.15, 0.2) is 0 Å². The van der Waals surface area contributed by atoms with E-state index in [1.165, 1.54) is 0 Å². The van der Waals surface area contributed by atoms with Crippen LogP contribution in [0, 0.1) is 23.2 Å². The zero-order valence-electron chi connectivity index (χ0n) is 15.2. The van der Waals surface area contributed by atoms with Gasteiger partial charge in [0.25, 0.3) is 0 Å². The number of carbonyl (C=O) groups is 1. The Hall–Kier alpha value is -2.16. The van der Waals surface area contributed by atoms with Crippen LogP contribution in [0.5, 0.6) is 0 Å². The molecule has 6 heteroatoms. The smallest absolute Gasteiger partial charge is 0.225 e. The molecule has 1 N–H and O–H groups in total. The van der Waals surface area contributed by atoms with Crippen LogP contribution in [-0.4, -0.2) is 41.1 Å². The molecule has 1 aromatic heterocycles. The molecule has 26 heavy (non-hydrogen) atoms. The molecule has 2 fully saturated rings. The van der Waals surface area contributed by atoms with E-state index in [0.29, 0.717) is 43.2 Å². The normalized spacial score (nSPS) is 26.1. The van der Waals surface area contributed by atoms with Crippen LogP contribution in [0.25, 0.3) is 0 Å². The number of rotatable bonds is 4. The Morgan fingerprint density at radius 1 is 1.46 bits per heavy atom. The minimum absolute atomic E-state index is 0.134. The number of carbonyl (C=O) groups excluding carboxylic acids is 1. The average molecular weight is 356 g/mol. The lowest BCUT2D eigenvalue weighted by atomic mass is 9.92. The lowest BCUT2D eigenvalue weighted by Crippen LogP contribution is -2.48. The minimum atomic E-state index is -1.36. The molecule has 2 atom stereocenters. The predicted molar refractivity (Wildman–Crippen MR) is 96.4 cm³/mol. The van der Waals surface area contributed by atoms with Gasteiger partial charge in [0.1, 0.15) is 17.6 Å². The maximum absolute atomic E-state index is 15.2. The number of hydrogen-bond acceptors (Lipinski definition) is 4. The van der Waals surface area contributed by atoms with Crippen molar-refractivity contribution in [1.29, 1.82) is 5.26 Å². The van der Waals surface area contributed by atoms with Crippen LogP contribution in [0.4, 0.5) is 10.2 Å². The molecule has 1 aromatic rings. The summed E-state index contributed by atoms with van der Waals surface area (Å²) in [6.07, 6.45) is 4.59. The zero-order chi connectivity index (χ0) is 18.3. The summed E-state index contributed by atoms with van der Waals surface area (Å²) in [5.41, 5.74) is 1.30. The molecule has 1 amide bonds. The van der Waals surface area contributed by atoms with Crippen molar-refractivity contribution in [2.24, 2.45) is 11.8 Å². The van der Waals surface area contributed by atoms with E-state index in [-0.39, 0.29) is 18.4 Å². The quantitative estimate of drug-likeness (QED) is 0.901. The molecule has 138 valence electrons. The molecule has 1 saturated carbocycles. The summed E-state index contributed by atoms with van der Waals surface area (Å²) in [5, 5.41) is 12.4. The SMILES string of the molecule is CC1CC1C(=O)N1CCC(F)(CNc2nc3c(cc2C#N)CCC3)CC1. The van der Waals surface area contributed by atoms with Gasteiger partial charge in [-0.1, -0.05) is 6.92 Å². The summed E-state index contributed by atoms with van der Waals surface area (Å²) in [5.74, 6) is 1.33. The monoisotopic (exact) mass is 356 g/mol. The lowest BCUT2D eigenvalue weighted by Gasteiger charge is -2.36. The number of aromatic nitrogens is 1. The molecule has 3 aliphatic rings. The first-order valence-corrected chi connectivity index (χ1v) is 9.63. The Bertz CT molecular complexity index is 764. The Labute approximate surface area is 153 Å². The van der Waals surface area contributed by atoms with Crippen LogP contribution in [0.15, 0.2) is 6.07 Å². The summed E-state index contributed by atoms with van der Waals surface area (Å²) >= 11 is 0. The number of alkyl halides is 1. The number of amides is 1. The van der Waals surface area contributed by atoms with Crippen LogP contribution < -0.4 is 5.32 Å². The van der Waals surface area contributed by atoms with Gasteiger partial charge < -0.3 is 10.2 Å². The van der Waals surface area contributed by atoms with Gasteiger partial charge >= 0.3 is 0 Å². The summed E-state index contributed by atoms with van der Waals surface area (Å²) in [7, 11) is 0. The van der Waals surface area contributed by atoms with E-state index in [1.807, 2.05) is 11.0 Å². The van der Waals surface area contributed by atoms with E-state index in [1.54, 1.807) is 0 Å². The highest BCUT2D eigenvalue weighted by atomic mass is 19.1. The van der Waals surface area contributed by atoms with Gasteiger partial charge in [0, 0.05) is 37.5 Å². The fourth-order valence-electron chi connectivity index (χ4n) is 4.14. The van der Waals surface area contributed by atoms with Gasteiger partial charge in [-0.25, -0.2) is 9.37 Å². The van der Waals surface area contributed by atoms with Crippen molar-refractivity contribution in [1.82, 2.24) is 9.88 Å². The Balaban J connectivity index is 1.36. The van der Waals surface area contributed by atoms with Gasteiger partial charge in [-0.05, 0) is 43.2 Å². The number of halogens is 1. The Kier molecular flexibility index (Phi) is 4.34. The third-order valence-electron chi connectivity index (χ3n) is 6.14. The number of likely N-dealkylation sites (tertiary alicyclic amines) is 1. The van der Waals surface area contributed by atoms with Crippen molar-refractivity contribution in [3.8, 4) is 6.07 Å². The molecule has 0 bridgehead atoms. The van der Waals surface area contributed by atoms with Gasteiger partial charge in [0.05, 0.1) is 12.1 Å². The van der Waals surface area contributed by atoms with E-state index in [4.69, 9.17) is 0 Å². The summed E-state index contributed by atoms with van der Waals surface area (Å²) in [6, 6.07) is 4.06. The number of piperidine rings is 1. The van der Waals surface area contributed by atoms with Crippen LogP contribution in [0.2, 0.25) is 0 Å². The molecule has 2 aliphatic carbocycles. The first-order chi connectivity index (χ1) is 12.5. The molecule has 0 spiro atoms. The lowest BCUT2D eigenvalue weighted by molar-refractivity contribution is -0.135. The second-order valence-corrected chi connectivity index (χ2v) is 8.10. The number of nitrogens with zero attached hydrogens (tertiary/aromatic N) is 3. The van der Waals surface area contributed by atoms with Gasteiger partial charge in [-0.2, -0.15) is 5.26 Å². The topological polar surface area (TPSA) is 69.0 Å². The summed E-state index contributed by atoms with van der Waals surface area (Å²) < 4.78 is 15.2. The average Bonchev–Trinajstić information content (AvgIpc) is 3.20. The standard InChI is InChI=1S/C20H25FN4O/c1-13-9-16(13)19(26)25-7-5-20(21,6-8-25)12-23-18-15(11-22)10-14-3-2-4-17(14)24-18/h10,13,16H,2-9,12H2,1H3,(H,23,24). The van der Waals surface area contributed by atoms with Gasteiger partial charge in [-0.3, -0.25) is 4.79 Å². The van der Waals surface area contributed by atoms with E-state index in [0.717, 1.165) is 36.9 Å². The number of aryl methyl sites for hydroxylation is 2. The number of pyridine rings is 1. The maximum Gasteiger partial charge on any atom is 0.225 e. The molecule has 2 unspecified atom stereocenters. The highest BCUT2D eigenvalue weighted by molar-refractivity contribution is 5.81. The Morgan fingerprint density at radius 2 is 2.19 bits per heavy atom. The van der Waals surface area contributed by atoms with E-state index >= 15 is 4.39 Å². The molecular formula is C20H25FN4O. The van der Waals surface area contributed by atoms with Crippen LogP contribution in [-0.2, 0) is 17.6 Å². The summed E-state index contributed by atoms with van der Waals surface area (Å²) in [6.45, 7) is 3.17. The molecule has 1 saturated heterocycles. The fraction of sp³-hybridized carbons (Fsp3) is 0.650. The number of nitrogens with one attached hydrogen (secondary N) is 1. The van der Waals surface area contributed by atoms with Crippen molar-refractivity contribution in [3.05, 3.63) is 22.9 Å². The second-order valence-electron chi connectivity index (χ2n) is 8.10. The Morgan fingerprint density at radius 3 is 2.85 bits per heavy atom. The molecule has 4 rings (SSSR count). The summed E-state index contributed by atoms with van der Waals surface area (Å²) in [4.78, 5) is 18.7. The minimum Gasteiger partial charge on any atom is -0.366 e. The highest BCUT2D eigenvalue weighted by Gasteiger charge is 2.44. The number of nitriles is 1. The van der Waals surface area contributed by atoms with E-state index in [2.05, 4.69) is 23.3 Å². The van der Waals surface area contributed by atoms with Crippen molar-refractivity contribution >= 4 is 11.7 Å². The zero-order valence-corrected chi connectivity index (χ0v) is 15.2. The van der Waals surface area contributed by atoms with Crippen LogP contribution in [0.1, 0.15) is 49.4 Å². The van der Waals surface area contributed by atoms with E-state index in [9.17, 15) is 10.1 Å². The maximum atomic E-state index is 15.2. The third-order valence-corrected chi connectivity index (χ3v) is 6.14. The van der Waals surface area contributed by atoms with Gasteiger partial charge in [0.2, 0.25) is 5.91 Å². The highest BCUT2D eigenvalue weighted by Crippen LogP contribution is 2.40. The first kappa shape index (κ1) is 17.3. The molecule has 0 aromatic carbocycles. The van der Waals surface area contributed by atoms with E-state index < -0.39 is 5.67 Å². The molecular weight excluding hydrogens is 331 g/mol.